The van der Waals surface area contributed by atoms with Crippen LogP contribution < -0.4 is 5.32 Å². The highest BCUT2D eigenvalue weighted by Crippen LogP contribution is 2.11. The zero-order valence-corrected chi connectivity index (χ0v) is 10.3. The summed E-state index contributed by atoms with van der Waals surface area (Å²) < 4.78 is 1.80. The topological polar surface area (TPSA) is 76.4 Å². The SMILES string of the molecule is CC(=O)CC(=O)NC(C)c1nnc2ccccn12. The van der Waals surface area contributed by atoms with Gasteiger partial charge < -0.3 is 5.32 Å². The highest BCUT2D eigenvalue weighted by atomic mass is 16.2. The Morgan fingerprint density at radius 3 is 2.89 bits per heavy atom. The van der Waals surface area contributed by atoms with Crippen molar-refractivity contribution in [2.75, 3.05) is 0 Å². The molecule has 2 heterocycles. The minimum atomic E-state index is -0.303. The number of amides is 1. The highest BCUT2D eigenvalue weighted by molar-refractivity contribution is 5.96. The third-order valence-corrected chi connectivity index (χ3v) is 2.51. The second-order valence-electron chi connectivity index (χ2n) is 4.16. The molecular formula is C12H14N4O2. The molecule has 0 saturated carbocycles. The maximum atomic E-state index is 11.5. The average Bonchev–Trinajstić information content (AvgIpc) is 2.71. The summed E-state index contributed by atoms with van der Waals surface area (Å²) in [4.78, 5) is 22.3. The van der Waals surface area contributed by atoms with E-state index in [2.05, 4.69) is 15.5 Å². The van der Waals surface area contributed by atoms with Gasteiger partial charge in [0.05, 0.1) is 12.5 Å². The molecule has 6 nitrogen and oxygen atoms in total. The molecule has 18 heavy (non-hydrogen) atoms. The normalized spacial score (nSPS) is 12.3. The van der Waals surface area contributed by atoms with E-state index in [0.29, 0.717) is 5.82 Å². The van der Waals surface area contributed by atoms with Gasteiger partial charge in [0.2, 0.25) is 5.91 Å². The van der Waals surface area contributed by atoms with Crippen molar-refractivity contribution < 1.29 is 9.59 Å². The number of nitrogens with zero attached hydrogens (tertiary/aromatic N) is 3. The van der Waals surface area contributed by atoms with Gasteiger partial charge in [-0.25, -0.2) is 0 Å². The molecule has 1 atom stereocenters. The summed E-state index contributed by atoms with van der Waals surface area (Å²) in [7, 11) is 0. The summed E-state index contributed by atoms with van der Waals surface area (Å²) in [6.45, 7) is 3.19. The highest BCUT2D eigenvalue weighted by Gasteiger charge is 2.16. The number of hydrogen-bond donors (Lipinski definition) is 1. The number of aromatic nitrogens is 3. The van der Waals surface area contributed by atoms with Crippen LogP contribution in [-0.2, 0) is 9.59 Å². The van der Waals surface area contributed by atoms with E-state index in [9.17, 15) is 9.59 Å². The molecule has 2 rings (SSSR count). The number of nitrogens with one attached hydrogen (secondary N) is 1. The van der Waals surface area contributed by atoms with E-state index in [1.54, 1.807) is 4.40 Å². The number of fused-ring (bicyclic) bond motifs is 1. The summed E-state index contributed by atoms with van der Waals surface area (Å²) in [5, 5.41) is 10.8. The number of carbonyl (C=O) groups excluding carboxylic acids is 2. The van der Waals surface area contributed by atoms with Gasteiger partial charge in [-0.1, -0.05) is 6.07 Å². The standard InChI is InChI=1S/C12H14N4O2/c1-8(17)7-11(18)13-9(2)12-15-14-10-5-3-4-6-16(10)12/h3-6,9H,7H2,1-2H3,(H,13,18). The van der Waals surface area contributed by atoms with Crippen LogP contribution in [-0.4, -0.2) is 26.3 Å². The first-order valence-electron chi connectivity index (χ1n) is 5.66. The van der Waals surface area contributed by atoms with Crippen LogP contribution in [0.3, 0.4) is 0 Å². The molecule has 0 bridgehead atoms. The van der Waals surface area contributed by atoms with Crippen LogP contribution in [0.1, 0.15) is 32.1 Å². The summed E-state index contributed by atoms with van der Waals surface area (Å²) in [6.07, 6.45) is 1.72. The molecule has 0 aliphatic heterocycles. The van der Waals surface area contributed by atoms with E-state index in [-0.39, 0.29) is 24.2 Å². The van der Waals surface area contributed by atoms with Gasteiger partial charge in [0.25, 0.3) is 0 Å². The number of rotatable bonds is 4. The van der Waals surface area contributed by atoms with Gasteiger partial charge in [-0.15, -0.1) is 10.2 Å². The van der Waals surface area contributed by atoms with Crippen LogP contribution in [0.15, 0.2) is 24.4 Å². The molecule has 2 aromatic heterocycles. The smallest absolute Gasteiger partial charge is 0.228 e. The zero-order valence-electron chi connectivity index (χ0n) is 10.3. The molecule has 94 valence electrons. The Morgan fingerprint density at radius 2 is 2.17 bits per heavy atom. The maximum Gasteiger partial charge on any atom is 0.228 e. The van der Waals surface area contributed by atoms with Crippen molar-refractivity contribution >= 4 is 17.3 Å². The van der Waals surface area contributed by atoms with E-state index in [0.717, 1.165) is 5.65 Å². The molecule has 0 fully saturated rings. The lowest BCUT2D eigenvalue weighted by Gasteiger charge is -2.11. The average molecular weight is 246 g/mol. The third-order valence-electron chi connectivity index (χ3n) is 2.51. The van der Waals surface area contributed by atoms with Crippen molar-refractivity contribution in [3.63, 3.8) is 0 Å². The molecule has 2 aromatic rings. The largest absolute Gasteiger partial charge is 0.346 e. The van der Waals surface area contributed by atoms with Gasteiger partial charge in [0, 0.05) is 6.20 Å². The van der Waals surface area contributed by atoms with E-state index < -0.39 is 0 Å². The van der Waals surface area contributed by atoms with Crippen LogP contribution in [0.4, 0.5) is 0 Å². The van der Waals surface area contributed by atoms with E-state index in [4.69, 9.17) is 0 Å². The van der Waals surface area contributed by atoms with E-state index >= 15 is 0 Å². The van der Waals surface area contributed by atoms with Crippen molar-refractivity contribution in [3.8, 4) is 0 Å². The molecule has 0 aliphatic rings. The van der Waals surface area contributed by atoms with Gasteiger partial charge in [-0.3, -0.25) is 14.0 Å². The zero-order chi connectivity index (χ0) is 13.1. The molecule has 0 aromatic carbocycles. The Bertz CT molecular complexity index is 591. The van der Waals surface area contributed by atoms with Gasteiger partial charge >= 0.3 is 0 Å². The Kier molecular flexibility index (Phi) is 3.36. The van der Waals surface area contributed by atoms with E-state index in [1.807, 2.05) is 31.3 Å². The lowest BCUT2D eigenvalue weighted by molar-refractivity contribution is -0.127. The Balaban J connectivity index is 2.16. The molecule has 6 heteroatoms. The van der Waals surface area contributed by atoms with Crippen molar-refractivity contribution in [2.45, 2.75) is 26.3 Å². The Morgan fingerprint density at radius 1 is 1.39 bits per heavy atom. The molecule has 0 spiro atoms. The Labute approximate surface area is 104 Å². The molecule has 1 unspecified atom stereocenters. The fraction of sp³-hybridized carbons (Fsp3) is 0.333. The first-order valence-corrected chi connectivity index (χ1v) is 5.66. The number of Topliss-reactive ketones (excluding diaryl/α,β-unsaturated/α-hetero) is 1. The third kappa shape index (κ3) is 2.53. The fourth-order valence-electron chi connectivity index (χ4n) is 1.74. The van der Waals surface area contributed by atoms with Crippen LogP contribution >= 0.6 is 0 Å². The fourth-order valence-corrected chi connectivity index (χ4v) is 1.74. The minimum absolute atomic E-state index is 0.110. The summed E-state index contributed by atoms with van der Waals surface area (Å²) in [6, 6.07) is 5.27. The molecule has 0 radical (unpaired) electrons. The van der Waals surface area contributed by atoms with Crippen LogP contribution in [0.25, 0.3) is 5.65 Å². The molecule has 0 saturated heterocycles. The van der Waals surface area contributed by atoms with Crippen molar-refractivity contribution in [1.82, 2.24) is 19.9 Å². The van der Waals surface area contributed by atoms with Crippen molar-refractivity contribution in [1.29, 1.82) is 0 Å². The quantitative estimate of drug-likeness (QED) is 0.813. The second-order valence-corrected chi connectivity index (χ2v) is 4.16. The van der Waals surface area contributed by atoms with Crippen LogP contribution in [0, 0.1) is 0 Å². The molecule has 1 amide bonds. The summed E-state index contributed by atoms with van der Waals surface area (Å²) in [5.74, 6) is 0.177. The number of pyridine rings is 1. The van der Waals surface area contributed by atoms with Crippen molar-refractivity contribution in [2.24, 2.45) is 0 Å². The molecule has 1 N–H and O–H groups in total. The predicted molar refractivity (Wildman–Crippen MR) is 64.8 cm³/mol. The second kappa shape index (κ2) is 4.95. The molecule has 0 aliphatic carbocycles. The summed E-state index contributed by atoms with van der Waals surface area (Å²) in [5.41, 5.74) is 0.722. The maximum absolute atomic E-state index is 11.5. The first-order chi connectivity index (χ1) is 8.58. The first kappa shape index (κ1) is 12.2. The van der Waals surface area contributed by atoms with Crippen LogP contribution in [0.5, 0.6) is 0 Å². The van der Waals surface area contributed by atoms with Gasteiger partial charge in [-0.05, 0) is 26.0 Å². The minimum Gasteiger partial charge on any atom is -0.346 e. The van der Waals surface area contributed by atoms with Crippen LogP contribution in [0.2, 0.25) is 0 Å². The molecular weight excluding hydrogens is 232 g/mol. The van der Waals surface area contributed by atoms with E-state index in [1.165, 1.54) is 6.92 Å². The Hall–Kier alpha value is -2.24. The number of hydrogen-bond acceptors (Lipinski definition) is 4. The number of ketones is 1. The lowest BCUT2D eigenvalue weighted by Crippen LogP contribution is -2.29. The monoisotopic (exact) mass is 246 g/mol. The van der Waals surface area contributed by atoms with Crippen molar-refractivity contribution in [3.05, 3.63) is 30.2 Å². The van der Waals surface area contributed by atoms with Gasteiger partial charge in [0.1, 0.15) is 5.78 Å². The predicted octanol–water partition coefficient (Wildman–Crippen LogP) is 0.886. The van der Waals surface area contributed by atoms with Gasteiger partial charge in [-0.2, -0.15) is 0 Å². The number of carbonyl (C=O) groups is 2. The summed E-state index contributed by atoms with van der Waals surface area (Å²) >= 11 is 0. The lowest BCUT2D eigenvalue weighted by atomic mass is 10.2. The van der Waals surface area contributed by atoms with Gasteiger partial charge in [0.15, 0.2) is 11.5 Å².